The van der Waals surface area contributed by atoms with Crippen LogP contribution in [0.3, 0.4) is 0 Å². The number of carbonyl (C=O) groups is 2. The van der Waals surface area contributed by atoms with Gasteiger partial charge in [0.15, 0.2) is 17.3 Å². The van der Waals surface area contributed by atoms with Crippen molar-refractivity contribution >= 4 is 17.3 Å². The van der Waals surface area contributed by atoms with Gasteiger partial charge in [-0.15, -0.1) is 0 Å². The molecule has 1 aliphatic rings. The number of ketones is 1. The minimum absolute atomic E-state index is 0.233. The molecule has 5 nitrogen and oxygen atoms in total. The highest BCUT2D eigenvalue weighted by Crippen LogP contribution is 2.41. The highest BCUT2D eigenvalue weighted by Gasteiger charge is 2.39. The molecule has 3 rings (SSSR count). The fourth-order valence-electron chi connectivity index (χ4n) is 3.63. The van der Waals surface area contributed by atoms with Crippen molar-refractivity contribution in [1.29, 1.82) is 0 Å². The minimum Gasteiger partial charge on any atom is -0.493 e. The number of carbonyl (C=O) groups excluding carboxylic acids is 2. The van der Waals surface area contributed by atoms with Crippen LogP contribution in [0.1, 0.15) is 30.4 Å². The van der Waals surface area contributed by atoms with Crippen LogP contribution in [0.5, 0.6) is 11.5 Å². The zero-order valence-corrected chi connectivity index (χ0v) is 16.3. The summed E-state index contributed by atoms with van der Waals surface area (Å²) in [4.78, 5) is 25.4. The van der Waals surface area contributed by atoms with Crippen LogP contribution < -0.4 is 9.47 Å². The largest absolute Gasteiger partial charge is 0.493 e. The molecule has 0 aromatic heterocycles. The number of allylic oxidation sites excluding steroid dienone is 2. The van der Waals surface area contributed by atoms with Crippen molar-refractivity contribution in [2.45, 2.75) is 19.3 Å². The molecule has 0 heterocycles. The topological polar surface area (TPSA) is 61.8 Å². The number of ether oxygens (including phenoxy) is 3. The van der Waals surface area contributed by atoms with Crippen molar-refractivity contribution < 1.29 is 23.8 Å². The molecular weight excluding hydrogens is 356 g/mol. The molecule has 0 saturated carbocycles. The molecule has 2 aromatic carbocycles. The van der Waals surface area contributed by atoms with E-state index in [1.807, 2.05) is 48.5 Å². The quantitative estimate of drug-likeness (QED) is 0.559. The Bertz CT molecular complexity index is 885. The van der Waals surface area contributed by atoms with E-state index in [0.717, 1.165) is 16.7 Å². The molecule has 146 valence electrons. The molecule has 5 heteroatoms. The maximum Gasteiger partial charge on any atom is 0.317 e. The maximum atomic E-state index is 12.9. The average Bonchev–Trinajstić information content (AvgIpc) is 2.73. The van der Waals surface area contributed by atoms with Gasteiger partial charge in [-0.2, -0.15) is 0 Å². The van der Waals surface area contributed by atoms with Crippen LogP contribution in [0.2, 0.25) is 0 Å². The summed E-state index contributed by atoms with van der Waals surface area (Å²) in [6, 6.07) is 15.2. The van der Waals surface area contributed by atoms with Crippen LogP contribution in [0, 0.1) is 5.92 Å². The second kappa shape index (κ2) is 8.74. The fraction of sp³-hybridized carbons (Fsp3) is 0.304. The first-order valence-electron chi connectivity index (χ1n) is 9.27. The summed E-state index contributed by atoms with van der Waals surface area (Å²) in [5.41, 5.74) is 2.68. The molecule has 0 bridgehead atoms. The van der Waals surface area contributed by atoms with Crippen LogP contribution in [-0.2, 0) is 14.3 Å². The average molecular weight is 380 g/mol. The van der Waals surface area contributed by atoms with E-state index in [1.165, 1.54) is 0 Å². The van der Waals surface area contributed by atoms with Crippen molar-refractivity contribution in [3.8, 4) is 11.5 Å². The van der Waals surface area contributed by atoms with Crippen LogP contribution in [0.25, 0.3) is 5.57 Å². The number of hydrogen-bond acceptors (Lipinski definition) is 5. The van der Waals surface area contributed by atoms with E-state index >= 15 is 0 Å². The van der Waals surface area contributed by atoms with E-state index in [9.17, 15) is 9.59 Å². The van der Waals surface area contributed by atoms with Gasteiger partial charge in [0, 0.05) is 5.92 Å². The Hall–Kier alpha value is -3.08. The first-order valence-corrected chi connectivity index (χ1v) is 9.27. The number of benzene rings is 2. The number of rotatable bonds is 6. The summed E-state index contributed by atoms with van der Waals surface area (Å²) in [5.74, 6) is -0.588. The normalized spacial score (nSPS) is 19.0. The monoisotopic (exact) mass is 380 g/mol. The fourth-order valence-corrected chi connectivity index (χ4v) is 3.63. The molecule has 1 aliphatic carbocycles. The van der Waals surface area contributed by atoms with Gasteiger partial charge in [0.2, 0.25) is 0 Å². The van der Waals surface area contributed by atoms with Gasteiger partial charge in [-0.25, -0.2) is 0 Å². The molecule has 0 fully saturated rings. The zero-order valence-electron chi connectivity index (χ0n) is 16.3. The third-order valence-electron chi connectivity index (χ3n) is 4.99. The number of methoxy groups -OCH3 is 2. The van der Waals surface area contributed by atoms with Gasteiger partial charge < -0.3 is 14.2 Å². The molecule has 0 amide bonds. The smallest absolute Gasteiger partial charge is 0.317 e. The number of hydrogen-bond donors (Lipinski definition) is 0. The third-order valence-corrected chi connectivity index (χ3v) is 4.99. The maximum absolute atomic E-state index is 12.9. The van der Waals surface area contributed by atoms with Crippen LogP contribution in [-0.4, -0.2) is 32.6 Å². The highest BCUT2D eigenvalue weighted by atomic mass is 16.5. The van der Waals surface area contributed by atoms with Gasteiger partial charge in [-0.05, 0) is 48.3 Å². The second-order valence-corrected chi connectivity index (χ2v) is 6.59. The summed E-state index contributed by atoms with van der Waals surface area (Å²) in [6.07, 6.45) is 2.11. The molecule has 0 aliphatic heterocycles. The molecule has 2 aromatic rings. The van der Waals surface area contributed by atoms with Crippen molar-refractivity contribution in [3.63, 3.8) is 0 Å². The number of esters is 1. The van der Waals surface area contributed by atoms with Crippen LogP contribution in [0.15, 0.2) is 54.6 Å². The van der Waals surface area contributed by atoms with E-state index in [1.54, 1.807) is 27.2 Å². The molecule has 0 saturated heterocycles. The first kappa shape index (κ1) is 19.7. The summed E-state index contributed by atoms with van der Waals surface area (Å²) in [6.45, 7) is 1.99. The summed E-state index contributed by atoms with van der Waals surface area (Å²) in [7, 11) is 3.15. The van der Waals surface area contributed by atoms with Gasteiger partial charge in [0.1, 0.15) is 5.92 Å². The molecule has 2 atom stereocenters. The van der Waals surface area contributed by atoms with Crippen molar-refractivity contribution in [2.75, 3.05) is 20.8 Å². The lowest BCUT2D eigenvalue weighted by Gasteiger charge is -2.29. The van der Waals surface area contributed by atoms with Crippen LogP contribution >= 0.6 is 0 Å². The Morgan fingerprint density at radius 3 is 2.39 bits per heavy atom. The standard InChI is InChI=1S/C23H24O5/c1-4-28-23(25)22-18(15-8-6-5-7-9-15)12-17(13-19(22)24)16-10-11-20(26-2)21(14-16)27-3/h5-11,13-14,18,22H,4,12H2,1-3H3. The molecule has 0 N–H and O–H groups in total. The van der Waals surface area contributed by atoms with E-state index in [4.69, 9.17) is 14.2 Å². The van der Waals surface area contributed by atoms with Crippen LogP contribution in [0.4, 0.5) is 0 Å². The lowest BCUT2D eigenvalue weighted by atomic mass is 9.73. The van der Waals surface area contributed by atoms with E-state index in [0.29, 0.717) is 17.9 Å². The molecular formula is C23H24O5. The Kier molecular flexibility index (Phi) is 6.14. The predicted octanol–water partition coefficient (Wildman–Crippen LogP) is 4.02. The van der Waals surface area contributed by atoms with Gasteiger partial charge >= 0.3 is 5.97 Å². The highest BCUT2D eigenvalue weighted by molar-refractivity contribution is 6.10. The Balaban J connectivity index is 2.02. The molecule has 28 heavy (non-hydrogen) atoms. The summed E-state index contributed by atoms with van der Waals surface area (Å²) < 4.78 is 15.9. The van der Waals surface area contributed by atoms with Gasteiger partial charge in [0.25, 0.3) is 0 Å². The van der Waals surface area contributed by atoms with Gasteiger partial charge in [-0.1, -0.05) is 36.4 Å². The summed E-state index contributed by atoms with van der Waals surface area (Å²) in [5, 5.41) is 0. The zero-order chi connectivity index (χ0) is 20.1. The summed E-state index contributed by atoms with van der Waals surface area (Å²) >= 11 is 0. The predicted molar refractivity (Wildman–Crippen MR) is 106 cm³/mol. The van der Waals surface area contributed by atoms with E-state index in [2.05, 4.69) is 0 Å². The Morgan fingerprint density at radius 1 is 1.04 bits per heavy atom. The van der Waals surface area contributed by atoms with Gasteiger partial charge in [-0.3, -0.25) is 9.59 Å². The van der Waals surface area contributed by atoms with Gasteiger partial charge in [0.05, 0.1) is 20.8 Å². The van der Waals surface area contributed by atoms with E-state index < -0.39 is 11.9 Å². The SMILES string of the molecule is CCOC(=O)C1C(=O)C=C(c2ccc(OC)c(OC)c2)CC1c1ccccc1. The third kappa shape index (κ3) is 3.93. The molecule has 0 radical (unpaired) electrons. The minimum atomic E-state index is -0.828. The van der Waals surface area contributed by atoms with Crippen molar-refractivity contribution in [3.05, 3.63) is 65.7 Å². The Morgan fingerprint density at radius 2 is 1.75 bits per heavy atom. The molecule has 2 unspecified atom stereocenters. The second-order valence-electron chi connectivity index (χ2n) is 6.59. The van der Waals surface area contributed by atoms with E-state index in [-0.39, 0.29) is 18.3 Å². The lowest BCUT2D eigenvalue weighted by Crippen LogP contribution is -2.34. The van der Waals surface area contributed by atoms with Crippen molar-refractivity contribution in [2.24, 2.45) is 5.92 Å². The Labute approximate surface area is 164 Å². The first-order chi connectivity index (χ1) is 13.6. The van der Waals surface area contributed by atoms with Crippen molar-refractivity contribution in [1.82, 2.24) is 0 Å². The lowest BCUT2D eigenvalue weighted by molar-refractivity contribution is -0.151. The molecule has 0 spiro atoms.